The molecule has 5 heteroatoms. The van der Waals surface area contributed by atoms with E-state index in [0.717, 1.165) is 36.3 Å². The molecular weight excluding hydrogens is 316 g/mol. The van der Waals surface area contributed by atoms with E-state index in [0.29, 0.717) is 6.42 Å². The molecule has 0 bridgehead atoms. The van der Waals surface area contributed by atoms with Crippen LogP contribution in [0.5, 0.6) is 5.75 Å². The molecule has 5 nitrogen and oxygen atoms in total. The minimum absolute atomic E-state index is 0.0555. The van der Waals surface area contributed by atoms with Crippen molar-refractivity contribution in [3.8, 4) is 5.75 Å². The second kappa shape index (κ2) is 8.12. The molecule has 132 valence electrons. The van der Waals surface area contributed by atoms with Crippen LogP contribution in [0.2, 0.25) is 0 Å². The maximum absolute atomic E-state index is 12.9. The molecule has 0 spiro atoms. The van der Waals surface area contributed by atoms with Gasteiger partial charge < -0.3 is 14.4 Å². The van der Waals surface area contributed by atoms with Crippen LogP contribution >= 0.6 is 0 Å². The lowest BCUT2D eigenvalue weighted by molar-refractivity contribution is -0.132. The number of hydrogen-bond acceptors (Lipinski definition) is 4. The number of likely N-dealkylation sites (tertiary alicyclic amines) is 1. The molecule has 2 atom stereocenters. The summed E-state index contributed by atoms with van der Waals surface area (Å²) in [5.74, 6) is 0.935. The summed E-state index contributed by atoms with van der Waals surface area (Å²) in [5, 5.41) is 0. The van der Waals surface area contributed by atoms with Crippen molar-refractivity contribution in [3.05, 3.63) is 59.9 Å². The molecule has 1 aromatic heterocycles. The van der Waals surface area contributed by atoms with Gasteiger partial charge in [0.2, 0.25) is 5.91 Å². The lowest BCUT2D eigenvalue weighted by Gasteiger charge is -2.28. The van der Waals surface area contributed by atoms with Crippen molar-refractivity contribution >= 4 is 5.91 Å². The first-order valence-corrected chi connectivity index (χ1v) is 8.55. The molecule has 1 fully saturated rings. The molecule has 0 saturated carbocycles. The zero-order valence-corrected chi connectivity index (χ0v) is 14.7. The summed E-state index contributed by atoms with van der Waals surface area (Å²) in [6, 6.07) is 11.7. The molecule has 1 saturated heterocycles. The van der Waals surface area contributed by atoms with Crippen LogP contribution in [-0.2, 0) is 22.4 Å². The highest BCUT2D eigenvalue weighted by atomic mass is 16.5. The molecule has 25 heavy (non-hydrogen) atoms. The second-order valence-electron chi connectivity index (χ2n) is 6.31. The number of nitrogens with zero attached hydrogens (tertiary/aromatic N) is 2. The number of carbonyl (C=O) groups is 1. The third-order valence-corrected chi connectivity index (χ3v) is 4.79. The Balaban J connectivity index is 1.70. The highest BCUT2D eigenvalue weighted by Gasteiger charge is 2.36. The quantitative estimate of drug-likeness (QED) is 0.811. The van der Waals surface area contributed by atoms with E-state index in [1.54, 1.807) is 20.4 Å². The smallest absolute Gasteiger partial charge is 0.227 e. The number of pyridine rings is 1. The monoisotopic (exact) mass is 340 g/mol. The minimum Gasteiger partial charge on any atom is -0.497 e. The van der Waals surface area contributed by atoms with Crippen molar-refractivity contribution in [2.75, 3.05) is 20.8 Å². The fourth-order valence-electron chi connectivity index (χ4n) is 3.43. The van der Waals surface area contributed by atoms with E-state index in [1.165, 1.54) is 0 Å². The van der Waals surface area contributed by atoms with Crippen LogP contribution in [0.25, 0.3) is 0 Å². The zero-order valence-electron chi connectivity index (χ0n) is 14.7. The third-order valence-electron chi connectivity index (χ3n) is 4.79. The Morgan fingerprint density at radius 2 is 2.00 bits per heavy atom. The molecule has 2 aromatic rings. The Labute approximate surface area is 148 Å². The Bertz CT molecular complexity index is 688. The normalized spacial score (nSPS) is 19.8. The van der Waals surface area contributed by atoms with Gasteiger partial charge in [-0.25, -0.2) is 0 Å². The van der Waals surface area contributed by atoms with Crippen LogP contribution in [-0.4, -0.2) is 48.7 Å². The van der Waals surface area contributed by atoms with Gasteiger partial charge in [0.1, 0.15) is 5.75 Å². The minimum atomic E-state index is 0.0555. The topological polar surface area (TPSA) is 51.7 Å². The molecule has 0 N–H and O–H groups in total. The van der Waals surface area contributed by atoms with Crippen LogP contribution in [0.1, 0.15) is 17.5 Å². The van der Waals surface area contributed by atoms with Gasteiger partial charge in [-0.3, -0.25) is 9.78 Å². The molecule has 0 unspecified atom stereocenters. The van der Waals surface area contributed by atoms with E-state index in [2.05, 4.69) is 4.98 Å². The Morgan fingerprint density at radius 1 is 1.20 bits per heavy atom. The number of rotatable bonds is 6. The van der Waals surface area contributed by atoms with Crippen LogP contribution in [0, 0.1) is 0 Å². The van der Waals surface area contributed by atoms with E-state index in [-0.39, 0.29) is 18.1 Å². The first kappa shape index (κ1) is 17.4. The molecule has 1 aromatic carbocycles. The molecular formula is C20H24N2O3. The molecule has 3 rings (SSSR count). The summed E-state index contributed by atoms with van der Waals surface area (Å²) in [6.07, 6.45) is 5.72. The lowest BCUT2D eigenvalue weighted by atomic mass is 10.0. The van der Waals surface area contributed by atoms with Gasteiger partial charge in [0, 0.05) is 26.0 Å². The number of carbonyl (C=O) groups excluding carboxylic acids is 1. The van der Waals surface area contributed by atoms with E-state index in [9.17, 15) is 4.79 Å². The van der Waals surface area contributed by atoms with Crippen LogP contribution in [0.4, 0.5) is 0 Å². The van der Waals surface area contributed by atoms with Crippen LogP contribution < -0.4 is 4.74 Å². The number of aromatic nitrogens is 1. The maximum Gasteiger partial charge on any atom is 0.227 e. The van der Waals surface area contributed by atoms with E-state index in [4.69, 9.17) is 9.47 Å². The van der Waals surface area contributed by atoms with Crippen molar-refractivity contribution in [3.63, 3.8) is 0 Å². The number of methoxy groups -OCH3 is 2. The number of benzene rings is 1. The molecule has 0 aliphatic carbocycles. The summed E-state index contributed by atoms with van der Waals surface area (Å²) < 4.78 is 10.8. The van der Waals surface area contributed by atoms with Gasteiger partial charge in [0.05, 0.1) is 25.7 Å². The first-order valence-electron chi connectivity index (χ1n) is 8.55. The van der Waals surface area contributed by atoms with Crippen molar-refractivity contribution in [2.24, 2.45) is 0 Å². The number of hydrogen-bond donors (Lipinski definition) is 0. The van der Waals surface area contributed by atoms with Gasteiger partial charge in [0.15, 0.2) is 0 Å². The van der Waals surface area contributed by atoms with Crippen molar-refractivity contribution in [1.82, 2.24) is 9.88 Å². The largest absolute Gasteiger partial charge is 0.497 e. The Morgan fingerprint density at radius 3 is 2.64 bits per heavy atom. The molecule has 1 aliphatic rings. The molecule has 1 amide bonds. The number of ether oxygens (including phenoxy) is 2. The average Bonchev–Trinajstić information content (AvgIpc) is 3.06. The van der Waals surface area contributed by atoms with E-state index < -0.39 is 0 Å². The third kappa shape index (κ3) is 4.17. The predicted octanol–water partition coefficient (Wildman–Crippen LogP) is 2.49. The highest BCUT2D eigenvalue weighted by molar-refractivity contribution is 5.79. The zero-order chi connectivity index (χ0) is 17.6. The van der Waals surface area contributed by atoms with Gasteiger partial charge in [-0.1, -0.05) is 18.2 Å². The van der Waals surface area contributed by atoms with Gasteiger partial charge in [0.25, 0.3) is 0 Å². The Kier molecular flexibility index (Phi) is 5.66. The van der Waals surface area contributed by atoms with Crippen LogP contribution in [0.15, 0.2) is 48.8 Å². The van der Waals surface area contributed by atoms with E-state index in [1.807, 2.05) is 47.5 Å². The van der Waals surface area contributed by atoms with Gasteiger partial charge >= 0.3 is 0 Å². The van der Waals surface area contributed by atoms with Crippen LogP contribution in [0.3, 0.4) is 0 Å². The second-order valence-corrected chi connectivity index (χ2v) is 6.31. The van der Waals surface area contributed by atoms with Gasteiger partial charge in [-0.05, 0) is 42.2 Å². The summed E-state index contributed by atoms with van der Waals surface area (Å²) in [6.45, 7) is 0.735. The highest BCUT2D eigenvalue weighted by Crippen LogP contribution is 2.25. The van der Waals surface area contributed by atoms with E-state index >= 15 is 0 Å². The average molecular weight is 340 g/mol. The summed E-state index contributed by atoms with van der Waals surface area (Å²) in [7, 11) is 3.36. The predicted molar refractivity (Wildman–Crippen MR) is 95.6 cm³/mol. The lowest BCUT2D eigenvalue weighted by Crippen LogP contribution is -2.42. The molecule has 0 radical (unpaired) electrons. The summed E-state index contributed by atoms with van der Waals surface area (Å²) in [5.41, 5.74) is 2.12. The van der Waals surface area contributed by atoms with Crippen molar-refractivity contribution in [2.45, 2.75) is 31.4 Å². The summed E-state index contributed by atoms with van der Waals surface area (Å²) >= 11 is 0. The molecule has 1 aliphatic heterocycles. The SMILES string of the molecule is COc1ccc(CC(=O)N2CC[C@@H](OC)[C@H]2Cc2cccnc2)cc1. The van der Waals surface area contributed by atoms with Crippen molar-refractivity contribution < 1.29 is 14.3 Å². The van der Waals surface area contributed by atoms with Gasteiger partial charge in [-0.2, -0.15) is 0 Å². The maximum atomic E-state index is 12.9. The summed E-state index contributed by atoms with van der Waals surface area (Å²) in [4.78, 5) is 19.0. The fourth-order valence-corrected chi connectivity index (χ4v) is 3.43. The van der Waals surface area contributed by atoms with Gasteiger partial charge in [-0.15, -0.1) is 0 Å². The van der Waals surface area contributed by atoms with Crippen molar-refractivity contribution in [1.29, 1.82) is 0 Å². The Hall–Kier alpha value is -2.40. The standard InChI is InChI=1S/C20H24N2O3/c1-24-17-7-5-15(6-8-17)13-20(23)22-11-9-19(25-2)18(22)12-16-4-3-10-21-14-16/h3-8,10,14,18-19H,9,11-13H2,1-2H3/t18-,19-/m1/s1. The first-order chi connectivity index (χ1) is 12.2. The molecule has 2 heterocycles. The number of amides is 1. The fraction of sp³-hybridized carbons (Fsp3) is 0.400.